The van der Waals surface area contributed by atoms with Gasteiger partial charge in [0.2, 0.25) is 0 Å². The van der Waals surface area contributed by atoms with E-state index in [0.717, 1.165) is 19.2 Å². The van der Waals surface area contributed by atoms with E-state index in [-0.39, 0.29) is 21.0 Å². The molecule has 0 amide bonds. The highest BCUT2D eigenvalue weighted by Gasteiger charge is 2.30. The molecule has 0 saturated heterocycles. The van der Waals surface area contributed by atoms with Gasteiger partial charge in [-0.2, -0.15) is 18.4 Å². The van der Waals surface area contributed by atoms with E-state index in [1.807, 2.05) is 0 Å². The molecule has 0 bridgehead atoms. The van der Waals surface area contributed by atoms with Crippen molar-refractivity contribution in [2.45, 2.75) is 10.4 Å². The molecular weight excluding hydrogens is 291 g/mol. The highest BCUT2D eigenvalue weighted by molar-refractivity contribution is 8.00. The first-order chi connectivity index (χ1) is 8.28. The van der Waals surface area contributed by atoms with Crippen LogP contribution in [0.5, 0.6) is 0 Å². The molecule has 0 aliphatic carbocycles. The van der Waals surface area contributed by atoms with Crippen molar-refractivity contribution in [3.8, 4) is 6.07 Å². The van der Waals surface area contributed by atoms with E-state index in [1.54, 1.807) is 6.07 Å². The standard InChI is InChI=1S/C10H5ClF3NO2S/c1-17-9(16)6-2-5(18-10(12,13)14)3-8(11)7(6)4-15/h2-3H,1H3. The van der Waals surface area contributed by atoms with Crippen molar-refractivity contribution in [1.29, 1.82) is 5.26 Å². The second-order valence-electron chi connectivity index (χ2n) is 2.98. The van der Waals surface area contributed by atoms with Crippen LogP contribution in [0.1, 0.15) is 15.9 Å². The summed E-state index contributed by atoms with van der Waals surface area (Å²) in [5.41, 5.74) is -5.01. The molecular formula is C10H5ClF3NO2S. The summed E-state index contributed by atoms with van der Waals surface area (Å²) in [5.74, 6) is -0.918. The zero-order chi connectivity index (χ0) is 13.9. The number of nitriles is 1. The van der Waals surface area contributed by atoms with E-state index in [0.29, 0.717) is 0 Å². The Balaban J connectivity index is 3.32. The Hall–Kier alpha value is -1.39. The van der Waals surface area contributed by atoms with Gasteiger partial charge in [0.05, 0.1) is 23.3 Å². The molecule has 0 aromatic heterocycles. The summed E-state index contributed by atoms with van der Waals surface area (Å²) in [5, 5.41) is 8.57. The third-order valence-electron chi connectivity index (χ3n) is 1.81. The fourth-order valence-corrected chi connectivity index (χ4v) is 2.11. The predicted octanol–water partition coefficient (Wildman–Crippen LogP) is 3.61. The van der Waals surface area contributed by atoms with Crippen LogP contribution in [0, 0.1) is 11.3 Å². The molecule has 0 unspecified atom stereocenters. The quantitative estimate of drug-likeness (QED) is 0.618. The maximum absolute atomic E-state index is 12.2. The van der Waals surface area contributed by atoms with Gasteiger partial charge < -0.3 is 4.74 Å². The normalized spacial score (nSPS) is 10.9. The third kappa shape index (κ3) is 3.55. The van der Waals surface area contributed by atoms with Gasteiger partial charge in [0.25, 0.3) is 0 Å². The Bertz CT molecular complexity index is 525. The van der Waals surface area contributed by atoms with Crippen LogP contribution < -0.4 is 0 Å². The van der Waals surface area contributed by atoms with Gasteiger partial charge in [0.15, 0.2) is 0 Å². The first kappa shape index (κ1) is 14.7. The lowest BCUT2D eigenvalue weighted by atomic mass is 10.1. The van der Waals surface area contributed by atoms with E-state index in [4.69, 9.17) is 16.9 Å². The zero-order valence-corrected chi connectivity index (χ0v) is 10.4. The smallest absolute Gasteiger partial charge is 0.446 e. The highest BCUT2D eigenvalue weighted by atomic mass is 35.5. The molecule has 0 fully saturated rings. The van der Waals surface area contributed by atoms with E-state index in [1.165, 1.54) is 0 Å². The topological polar surface area (TPSA) is 50.1 Å². The third-order valence-corrected chi connectivity index (χ3v) is 2.82. The van der Waals surface area contributed by atoms with Crippen molar-refractivity contribution in [2.24, 2.45) is 0 Å². The fourth-order valence-electron chi connectivity index (χ4n) is 1.16. The molecule has 18 heavy (non-hydrogen) atoms. The number of hydrogen-bond acceptors (Lipinski definition) is 4. The van der Waals surface area contributed by atoms with Gasteiger partial charge in [-0.1, -0.05) is 11.6 Å². The number of carbonyl (C=O) groups is 1. The van der Waals surface area contributed by atoms with E-state index in [9.17, 15) is 18.0 Å². The van der Waals surface area contributed by atoms with Crippen molar-refractivity contribution >= 4 is 29.3 Å². The van der Waals surface area contributed by atoms with Gasteiger partial charge >= 0.3 is 11.5 Å². The Labute approximate surface area is 109 Å². The average molecular weight is 296 g/mol. The first-order valence-electron chi connectivity index (χ1n) is 4.36. The Morgan fingerprint density at radius 3 is 2.56 bits per heavy atom. The molecule has 0 aliphatic heterocycles. The summed E-state index contributed by atoms with van der Waals surface area (Å²) >= 11 is 5.23. The second kappa shape index (κ2) is 5.50. The van der Waals surface area contributed by atoms with E-state index >= 15 is 0 Å². The molecule has 0 radical (unpaired) electrons. The minimum absolute atomic E-state index is 0.213. The summed E-state index contributed by atoms with van der Waals surface area (Å²) < 4.78 is 41.0. The van der Waals surface area contributed by atoms with Gasteiger partial charge in [-0.3, -0.25) is 0 Å². The van der Waals surface area contributed by atoms with Crippen LogP contribution in [-0.2, 0) is 4.74 Å². The number of hydrogen-bond donors (Lipinski definition) is 0. The summed E-state index contributed by atoms with van der Waals surface area (Å²) in [6.07, 6.45) is 0. The monoisotopic (exact) mass is 295 g/mol. The van der Waals surface area contributed by atoms with E-state index < -0.39 is 23.2 Å². The molecule has 0 heterocycles. The molecule has 1 rings (SSSR count). The largest absolute Gasteiger partial charge is 0.465 e. The average Bonchev–Trinajstić information content (AvgIpc) is 2.25. The van der Waals surface area contributed by atoms with E-state index in [2.05, 4.69) is 4.74 Å². The zero-order valence-electron chi connectivity index (χ0n) is 8.84. The number of rotatable bonds is 2. The SMILES string of the molecule is COC(=O)c1cc(SC(F)(F)F)cc(Cl)c1C#N. The number of alkyl halides is 3. The number of ether oxygens (including phenoxy) is 1. The molecule has 1 aromatic carbocycles. The number of esters is 1. The molecule has 0 saturated carbocycles. The number of halogens is 4. The van der Waals surface area contributed by atoms with Crippen LogP contribution in [0.15, 0.2) is 17.0 Å². The highest BCUT2D eigenvalue weighted by Crippen LogP contribution is 2.39. The molecule has 3 nitrogen and oxygen atoms in total. The fraction of sp³-hybridized carbons (Fsp3) is 0.200. The lowest BCUT2D eigenvalue weighted by Crippen LogP contribution is -2.06. The van der Waals surface area contributed by atoms with Crippen molar-refractivity contribution in [2.75, 3.05) is 7.11 Å². The van der Waals surface area contributed by atoms with Crippen molar-refractivity contribution < 1.29 is 22.7 Å². The lowest BCUT2D eigenvalue weighted by molar-refractivity contribution is -0.0328. The van der Waals surface area contributed by atoms with Crippen LogP contribution >= 0.6 is 23.4 Å². The van der Waals surface area contributed by atoms with Gasteiger partial charge in [-0.05, 0) is 23.9 Å². The maximum atomic E-state index is 12.2. The Morgan fingerprint density at radius 2 is 2.11 bits per heavy atom. The Kier molecular flexibility index (Phi) is 4.48. The summed E-state index contributed by atoms with van der Waals surface area (Å²) in [4.78, 5) is 11.1. The number of methoxy groups -OCH3 is 1. The molecule has 96 valence electrons. The van der Waals surface area contributed by atoms with Gasteiger partial charge in [-0.25, -0.2) is 4.79 Å². The molecule has 0 spiro atoms. The molecule has 1 aromatic rings. The number of thioether (sulfide) groups is 1. The number of benzene rings is 1. The van der Waals surface area contributed by atoms with Gasteiger partial charge in [0, 0.05) is 4.90 Å². The molecule has 0 atom stereocenters. The number of carbonyl (C=O) groups excluding carboxylic acids is 1. The lowest BCUT2D eigenvalue weighted by Gasteiger charge is -2.09. The second-order valence-corrected chi connectivity index (χ2v) is 4.52. The van der Waals surface area contributed by atoms with Crippen molar-refractivity contribution in [3.05, 3.63) is 28.3 Å². The van der Waals surface area contributed by atoms with Crippen LogP contribution in [0.4, 0.5) is 13.2 Å². The van der Waals surface area contributed by atoms with Crippen molar-refractivity contribution in [1.82, 2.24) is 0 Å². The molecule has 0 aliphatic rings. The van der Waals surface area contributed by atoms with Crippen LogP contribution in [0.25, 0.3) is 0 Å². The van der Waals surface area contributed by atoms with Gasteiger partial charge in [0.1, 0.15) is 6.07 Å². The summed E-state index contributed by atoms with van der Waals surface area (Å²) in [7, 11) is 1.06. The van der Waals surface area contributed by atoms with Crippen LogP contribution in [-0.4, -0.2) is 18.6 Å². The summed E-state index contributed by atoms with van der Waals surface area (Å²) in [6, 6.07) is 3.55. The minimum atomic E-state index is -4.51. The molecule has 0 N–H and O–H groups in total. The summed E-state index contributed by atoms with van der Waals surface area (Å²) in [6.45, 7) is 0. The van der Waals surface area contributed by atoms with Crippen LogP contribution in [0.2, 0.25) is 5.02 Å². The Morgan fingerprint density at radius 1 is 1.50 bits per heavy atom. The predicted molar refractivity (Wildman–Crippen MR) is 59.4 cm³/mol. The van der Waals surface area contributed by atoms with Crippen molar-refractivity contribution in [3.63, 3.8) is 0 Å². The maximum Gasteiger partial charge on any atom is 0.446 e. The minimum Gasteiger partial charge on any atom is -0.465 e. The molecule has 8 heteroatoms. The van der Waals surface area contributed by atoms with Gasteiger partial charge in [-0.15, -0.1) is 0 Å². The van der Waals surface area contributed by atoms with Crippen LogP contribution in [0.3, 0.4) is 0 Å². The first-order valence-corrected chi connectivity index (χ1v) is 5.55. The number of nitrogens with zero attached hydrogens (tertiary/aromatic N) is 1.